The molecule has 2 aromatic rings. The maximum Gasteiger partial charge on any atom is 0.227 e. The second-order valence-electron chi connectivity index (χ2n) is 7.79. The van der Waals surface area contributed by atoms with Crippen molar-refractivity contribution in [2.45, 2.75) is 25.7 Å². The van der Waals surface area contributed by atoms with Crippen LogP contribution in [0.15, 0.2) is 18.3 Å². The highest BCUT2D eigenvalue weighted by atomic mass is 16.5. The number of morpholine rings is 1. The lowest BCUT2D eigenvalue weighted by atomic mass is 10.3. The van der Waals surface area contributed by atoms with Crippen molar-refractivity contribution < 1.29 is 4.74 Å². The van der Waals surface area contributed by atoms with Gasteiger partial charge in [-0.3, -0.25) is 0 Å². The van der Waals surface area contributed by atoms with Crippen LogP contribution in [0.25, 0.3) is 0 Å². The highest BCUT2D eigenvalue weighted by Gasteiger charge is 2.28. The normalized spacial score (nSPS) is 20.5. The largest absolute Gasteiger partial charge is 0.378 e. The molecule has 1 aliphatic carbocycles. The van der Waals surface area contributed by atoms with E-state index in [1.165, 1.54) is 12.8 Å². The van der Waals surface area contributed by atoms with Crippen LogP contribution in [0.1, 0.15) is 30.3 Å². The van der Waals surface area contributed by atoms with E-state index in [0.29, 0.717) is 5.92 Å². The van der Waals surface area contributed by atoms with Crippen molar-refractivity contribution in [1.82, 2.24) is 19.9 Å². The van der Waals surface area contributed by atoms with E-state index in [4.69, 9.17) is 14.7 Å². The van der Waals surface area contributed by atoms with Crippen LogP contribution in [0.3, 0.4) is 0 Å². The molecule has 2 aromatic heterocycles. The van der Waals surface area contributed by atoms with Crippen LogP contribution in [0.2, 0.25) is 0 Å². The third-order valence-electron chi connectivity index (χ3n) is 5.65. The molecule has 0 unspecified atom stereocenters. The predicted molar refractivity (Wildman–Crippen MR) is 108 cm³/mol. The first-order valence-electron chi connectivity index (χ1n) is 10.3. The van der Waals surface area contributed by atoms with Crippen LogP contribution in [-0.4, -0.2) is 72.4 Å². The van der Waals surface area contributed by atoms with Crippen LogP contribution in [0, 0.1) is 6.92 Å². The van der Waals surface area contributed by atoms with Gasteiger partial charge in [-0.05, 0) is 25.8 Å². The van der Waals surface area contributed by atoms with E-state index < -0.39 is 0 Å². The van der Waals surface area contributed by atoms with Crippen molar-refractivity contribution in [1.29, 1.82) is 0 Å². The minimum Gasteiger partial charge on any atom is -0.378 e. The zero-order valence-electron chi connectivity index (χ0n) is 16.4. The van der Waals surface area contributed by atoms with E-state index >= 15 is 0 Å². The van der Waals surface area contributed by atoms with Crippen molar-refractivity contribution in [3.8, 4) is 0 Å². The van der Waals surface area contributed by atoms with Crippen LogP contribution in [0.4, 0.5) is 17.6 Å². The predicted octanol–water partition coefficient (Wildman–Crippen LogP) is 1.62. The molecule has 0 spiro atoms. The summed E-state index contributed by atoms with van der Waals surface area (Å²) in [5.74, 6) is 4.51. The fraction of sp³-hybridized carbons (Fsp3) is 0.600. The van der Waals surface area contributed by atoms with Gasteiger partial charge in [0.25, 0.3) is 0 Å². The Morgan fingerprint density at radius 1 is 0.857 bits per heavy atom. The SMILES string of the molecule is Cc1cc(N2CCN(c3ccnc(C4CC4)n3)CC2)nc(N2CCOCC2)n1. The number of nitrogens with zero attached hydrogens (tertiary/aromatic N) is 7. The van der Waals surface area contributed by atoms with E-state index in [-0.39, 0.29) is 0 Å². The minimum atomic E-state index is 0.587. The van der Waals surface area contributed by atoms with Gasteiger partial charge in [0.15, 0.2) is 0 Å². The number of ether oxygens (including phenoxy) is 1. The second kappa shape index (κ2) is 7.50. The van der Waals surface area contributed by atoms with Gasteiger partial charge < -0.3 is 19.4 Å². The Labute approximate surface area is 165 Å². The lowest BCUT2D eigenvalue weighted by Crippen LogP contribution is -2.47. The Hall–Kier alpha value is -2.48. The lowest BCUT2D eigenvalue weighted by molar-refractivity contribution is 0.122. The van der Waals surface area contributed by atoms with Gasteiger partial charge in [0.1, 0.15) is 17.5 Å². The van der Waals surface area contributed by atoms with Gasteiger partial charge in [-0.2, -0.15) is 4.98 Å². The minimum absolute atomic E-state index is 0.587. The van der Waals surface area contributed by atoms with Gasteiger partial charge >= 0.3 is 0 Å². The van der Waals surface area contributed by atoms with Crippen molar-refractivity contribution in [3.63, 3.8) is 0 Å². The molecule has 0 bridgehead atoms. The Bertz CT molecular complexity index is 827. The average molecular weight is 381 g/mol. The smallest absolute Gasteiger partial charge is 0.227 e. The Balaban J connectivity index is 1.27. The molecule has 0 amide bonds. The summed E-state index contributed by atoms with van der Waals surface area (Å²) in [5.41, 5.74) is 1.01. The number of hydrogen-bond acceptors (Lipinski definition) is 8. The highest BCUT2D eigenvalue weighted by molar-refractivity contribution is 5.49. The molecule has 2 aliphatic heterocycles. The molecule has 0 atom stereocenters. The van der Waals surface area contributed by atoms with Crippen LogP contribution < -0.4 is 14.7 Å². The molecule has 2 saturated heterocycles. The van der Waals surface area contributed by atoms with Gasteiger partial charge in [-0.1, -0.05) is 0 Å². The lowest BCUT2D eigenvalue weighted by Gasteiger charge is -2.36. The van der Waals surface area contributed by atoms with Crippen LogP contribution in [-0.2, 0) is 4.74 Å². The molecule has 0 N–H and O–H groups in total. The van der Waals surface area contributed by atoms with Gasteiger partial charge in [0.05, 0.1) is 13.2 Å². The molecule has 148 valence electrons. The summed E-state index contributed by atoms with van der Waals surface area (Å²) in [6.07, 6.45) is 4.37. The molecular weight excluding hydrogens is 354 g/mol. The summed E-state index contributed by atoms with van der Waals surface area (Å²) in [4.78, 5) is 25.7. The number of anilines is 3. The summed E-state index contributed by atoms with van der Waals surface area (Å²) >= 11 is 0. The van der Waals surface area contributed by atoms with Gasteiger partial charge in [-0.15, -0.1) is 0 Å². The molecule has 3 fully saturated rings. The molecule has 3 aliphatic rings. The number of piperazine rings is 1. The zero-order valence-corrected chi connectivity index (χ0v) is 16.4. The monoisotopic (exact) mass is 381 g/mol. The number of rotatable bonds is 4. The standard InChI is InChI=1S/C20H27N7O/c1-15-14-18(24-20(22-15)27-10-12-28-13-11-27)26-8-6-25(7-9-26)17-4-5-21-19(23-17)16-2-3-16/h4-5,14,16H,2-3,6-13H2,1H3. The van der Waals surface area contributed by atoms with Gasteiger partial charge in [0, 0.05) is 63.1 Å². The first kappa shape index (κ1) is 17.6. The van der Waals surface area contributed by atoms with Crippen molar-refractivity contribution >= 4 is 17.6 Å². The Kier molecular flexibility index (Phi) is 4.72. The fourth-order valence-electron chi connectivity index (χ4n) is 3.85. The molecule has 8 nitrogen and oxygen atoms in total. The van der Waals surface area contributed by atoms with Crippen LogP contribution >= 0.6 is 0 Å². The number of aromatic nitrogens is 4. The summed E-state index contributed by atoms with van der Waals surface area (Å²) in [7, 11) is 0. The molecule has 28 heavy (non-hydrogen) atoms. The summed E-state index contributed by atoms with van der Waals surface area (Å²) in [6.45, 7) is 8.99. The first-order valence-corrected chi connectivity index (χ1v) is 10.3. The molecular formula is C20H27N7O. The quantitative estimate of drug-likeness (QED) is 0.791. The van der Waals surface area contributed by atoms with Crippen molar-refractivity contribution in [2.24, 2.45) is 0 Å². The van der Waals surface area contributed by atoms with E-state index in [2.05, 4.69) is 30.7 Å². The number of hydrogen-bond donors (Lipinski definition) is 0. The molecule has 0 aromatic carbocycles. The highest BCUT2D eigenvalue weighted by Crippen LogP contribution is 2.38. The molecule has 8 heteroatoms. The topological polar surface area (TPSA) is 70.5 Å². The van der Waals surface area contributed by atoms with E-state index in [1.807, 2.05) is 19.2 Å². The van der Waals surface area contributed by atoms with Gasteiger partial charge in [-0.25, -0.2) is 15.0 Å². The maximum absolute atomic E-state index is 5.46. The van der Waals surface area contributed by atoms with Crippen molar-refractivity contribution in [2.75, 3.05) is 67.2 Å². The van der Waals surface area contributed by atoms with E-state index in [1.54, 1.807) is 0 Å². The second-order valence-corrected chi connectivity index (χ2v) is 7.79. The summed E-state index contributed by atoms with van der Waals surface area (Å²) in [6, 6.07) is 4.13. The van der Waals surface area contributed by atoms with Crippen LogP contribution in [0.5, 0.6) is 0 Å². The molecule has 0 radical (unpaired) electrons. The van der Waals surface area contributed by atoms with Gasteiger partial charge in [0.2, 0.25) is 5.95 Å². The number of aryl methyl sites for hydroxylation is 1. The first-order chi connectivity index (χ1) is 13.8. The maximum atomic E-state index is 5.46. The average Bonchev–Trinajstić information content (AvgIpc) is 3.60. The zero-order chi connectivity index (χ0) is 18.9. The fourth-order valence-corrected chi connectivity index (χ4v) is 3.85. The summed E-state index contributed by atoms with van der Waals surface area (Å²) in [5, 5.41) is 0. The molecule has 1 saturated carbocycles. The Morgan fingerprint density at radius 3 is 2.29 bits per heavy atom. The third-order valence-corrected chi connectivity index (χ3v) is 5.65. The van der Waals surface area contributed by atoms with E-state index in [9.17, 15) is 0 Å². The molecule has 4 heterocycles. The molecule has 5 rings (SSSR count). The summed E-state index contributed by atoms with van der Waals surface area (Å²) < 4.78 is 5.46. The third kappa shape index (κ3) is 3.73. The van der Waals surface area contributed by atoms with E-state index in [0.717, 1.165) is 81.6 Å². The Morgan fingerprint density at radius 2 is 1.57 bits per heavy atom. The van der Waals surface area contributed by atoms with Crippen molar-refractivity contribution in [3.05, 3.63) is 29.8 Å².